The van der Waals surface area contributed by atoms with E-state index in [9.17, 15) is 5.11 Å². The van der Waals surface area contributed by atoms with E-state index in [-0.39, 0.29) is 11.7 Å². The summed E-state index contributed by atoms with van der Waals surface area (Å²) in [7, 11) is 0. The second kappa shape index (κ2) is 5.59. The van der Waals surface area contributed by atoms with E-state index >= 15 is 0 Å². The van der Waals surface area contributed by atoms with Crippen LogP contribution in [0.2, 0.25) is 0 Å². The number of aliphatic hydroxyl groups is 1. The molecule has 0 aliphatic carbocycles. The van der Waals surface area contributed by atoms with Crippen LogP contribution >= 0.6 is 0 Å². The van der Waals surface area contributed by atoms with Gasteiger partial charge in [0.05, 0.1) is 0 Å². The van der Waals surface area contributed by atoms with E-state index in [0.717, 1.165) is 12.8 Å². The topological polar surface area (TPSA) is 46.2 Å². The Morgan fingerprint density at radius 2 is 1.82 bits per heavy atom. The van der Waals surface area contributed by atoms with Gasteiger partial charge >= 0.3 is 0 Å². The Morgan fingerprint density at radius 3 is 2.09 bits per heavy atom. The van der Waals surface area contributed by atoms with Crippen molar-refractivity contribution in [3.05, 3.63) is 37.3 Å². The van der Waals surface area contributed by atoms with Crippen molar-refractivity contribution in [2.45, 2.75) is 12.8 Å². The summed E-state index contributed by atoms with van der Waals surface area (Å²) in [4.78, 5) is 0. The highest BCUT2D eigenvalue weighted by atomic mass is 16.3. The van der Waals surface area contributed by atoms with E-state index in [1.807, 2.05) is 0 Å². The fraction of sp³-hybridized carbons (Fsp3) is 0.333. The molecule has 62 valence electrons. The first-order valence-electron chi connectivity index (χ1n) is 3.58. The molecule has 0 unspecified atom stereocenters. The van der Waals surface area contributed by atoms with Crippen molar-refractivity contribution in [1.82, 2.24) is 0 Å². The summed E-state index contributed by atoms with van der Waals surface area (Å²) in [6.07, 6.45) is 6.19. The van der Waals surface area contributed by atoms with E-state index in [4.69, 9.17) is 5.73 Å². The highest BCUT2D eigenvalue weighted by Crippen LogP contribution is 2.16. The number of allylic oxidation sites excluding steroid dienone is 3. The van der Waals surface area contributed by atoms with Crippen LogP contribution in [0.3, 0.4) is 0 Å². The van der Waals surface area contributed by atoms with Gasteiger partial charge in [-0.3, -0.25) is 0 Å². The van der Waals surface area contributed by atoms with Crippen LogP contribution in [0.5, 0.6) is 0 Å². The molecule has 0 aromatic carbocycles. The largest absolute Gasteiger partial charge is 0.511 e. The Labute approximate surface area is 67.7 Å². The van der Waals surface area contributed by atoms with Gasteiger partial charge in [0.15, 0.2) is 0 Å². The molecule has 0 spiro atoms. The van der Waals surface area contributed by atoms with Crippen molar-refractivity contribution in [3.63, 3.8) is 0 Å². The number of hydrogen-bond donors (Lipinski definition) is 2. The van der Waals surface area contributed by atoms with Crippen LogP contribution in [0.1, 0.15) is 12.8 Å². The minimum Gasteiger partial charge on any atom is -0.511 e. The Bertz CT molecular complexity index is 151. The zero-order chi connectivity index (χ0) is 8.69. The predicted octanol–water partition coefficient (Wildman–Crippen LogP) is 2.11. The molecule has 11 heavy (non-hydrogen) atoms. The van der Waals surface area contributed by atoms with E-state index < -0.39 is 0 Å². The SMILES string of the molecule is C=CCC(CC=C)C(O)=CN. The molecule has 0 atom stereocenters. The minimum atomic E-state index is 0.0509. The van der Waals surface area contributed by atoms with Crippen molar-refractivity contribution in [3.8, 4) is 0 Å². The summed E-state index contributed by atoms with van der Waals surface area (Å²) in [5.41, 5.74) is 5.15. The Kier molecular flexibility index (Phi) is 4.99. The lowest BCUT2D eigenvalue weighted by molar-refractivity contribution is 0.329. The second-order valence-electron chi connectivity index (χ2n) is 2.34. The molecule has 0 heterocycles. The van der Waals surface area contributed by atoms with Crippen LogP contribution in [0.15, 0.2) is 37.3 Å². The smallest absolute Gasteiger partial charge is 0.111 e. The van der Waals surface area contributed by atoms with Crippen molar-refractivity contribution < 1.29 is 5.11 Å². The van der Waals surface area contributed by atoms with Gasteiger partial charge in [0.25, 0.3) is 0 Å². The summed E-state index contributed by atoms with van der Waals surface area (Å²) < 4.78 is 0. The predicted molar refractivity (Wildman–Crippen MR) is 48.0 cm³/mol. The third-order valence-corrected chi connectivity index (χ3v) is 1.49. The number of rotatable bonds is 5. The quantitative estimate of drug-likeness (QED) is 0.469. The van der Waals surface area contributed by atoms with Gasteiger partial charge in [-0.2, -0.15) is 0 Å². The zero-order valence-corrected chi connectivity index (χ0v) is 6.66. The first-order chi connectivity index (χ1) is 5.26. The molecule has 0 aromatic heterocycles. The fourth-order valence-corrected chi connectivity index (χ4v) is 0.876. The zero-order valence-electron chi connectivity index (χ0n) is 6.66. The average Bonchev–Trinajstić information content (AvgIpc) is 2.03. The molecule has 3 N–H and O–H groups in total. The lowest BCUT2D eigenvalue weighted by atomic mass is 10.00. The minimum absolute atomic E-state index is 0.0509. The van der Waals surface area contributed by atoms with Crippen LogP contribution in [0.4, 0.5) is 0 Å². The Hall–Kier alpha value is -1.18. The fourth-order valence-electron chi connectivity index (χ4n) is 0.876. The molecule has 0 rings (SSSR count). The van der Waals surface area contributed by atoms with Crippen LogP contribution < -0.4 is 5.73 Å². The molecular formula is C9H15NO. The molecular weight excluding hydrogens is 138 g/mol. The summed E-state index contributed by atoms with van der Waals surface area (Å²) in [6, 6.07) is 0. The first-order valence-corrected chi connectivity index (χ1v) is 3.58. The van der Waals surface area contributed by atoms with Gasteiger partial charge in [-0.15, -0.1) is 13.2 Å². The summed E-state index contributed by atoms with van der Waals surface area (Å²) in [5.74, 6) is 0.264. The molecule has 0 aliphatic heterocycles. The second-order valence-corrected chi connectivity index (χ2v) is 2.34. The standard InChI is InChI=1S/C9H15NO/c1-3-5-8(6-4-2)9(11)7-10/h3-4,7-8,11H,1-2,5-6,10H2. The summed E-state index contributed by atoms with van der Waals surface area (Å²) in [6.45, 7) is 7.17. The van der Waals surface area contributed by atoms with E-state index in [1.165, 1.54) is 6.20 Å². The van der Waals surface area contributed by atoms with Crippen LogP contribution in [-0.2, 0) is 0 Å². The van der Waals surface area contributed by atoms with Crippen LogP contribution in [-0.4, -0.2) is 5.11 Å². The third kappa shape index (κ3) is 3.50. The van der Waals surface area contributed by atoms with Crippen molar-refractivity contribution in [2.75, 3.05) is 0 Å². The maximum atomic E-state index is 9.22. The molecule has 2 nitrogen and oxygen atoms in total. The van der Waals surface area contributed by atoms with E-state index in [1.54, 1.807) is 12.2 Å². The molecule has 0 amide bonds. The first kappa shape index (κ1) is 9.82. The third-order valence-electron chi connectivity index (χ3n) is 1.49. The average molecular weight is 153 g/mol. The van der Waals surface area contributed by atoms with Crippen molar-refractivity contribution >= 4 is 0 Å². The lowest BCUT2D eigenvalue weighted by Crippen LogP contribution is -2.03. The van der Waals surface area contributed by atoms with E-state index in [0.29, 0.717) is 0 Å². The monoisotopic (exact) mass is 153 g/mol. The number of hydrogen-bond acceptors (Lipinski definition) is 2. The van der Waals surface area contributed by atoms with Gasteiger partial charge < -0.3 is 10.8 Å². The molecule has 0 bridgehead atoms. The molecule has 0 saturated heterocycles. The van der Waals surface area contributed by atoms with Gasteiger partial charge in [0.1, 0.15) is 5.76 Å². The molecule has 0 saturated carbocycles. The van der Waals surface area contributed by atoms with Gasteiger partial charge in [0, 0.05) is 12.1 Å². The van der Waals surface area contributed by atoms with Crippen LogP contribution in [0.25, 0.3) is 0 Å². The molecule has 2 heteroatoms. The maximum Gasteiger partial charge on any atom is 0.111 e. The maximum absolute atomic E-state index is 9.22. The normalized spacial score (nSPS) is 11.5. The summed E-state index contributed by atoms with van der Waals surface area (Å²) >= 11 is 0. The molecule has 0 fully saturated rings. The van der Waals surface area contributed by atoms with Crippen molar-refractivity contribution in [2.24, 2.45) is 11.7 Å². The number of aliphatic hydroxyl groups excluding tert-OH is 1. The highest BCUT2D eigenvalue weighted by molar-refractivity contribution is 4.99. The van der Waals surface area contributed by atoms with Gasteiger partial charge in [-0.05, 0) is 12.8 Å². The van der Waals surface area contributed by atoms with E-state index in [2.05, 4.69) is 13.2 Å². The van der Waals surface area contributed by atoms with Gasteiger partial charge in [-0.1, -0.05) is 12.2 Å². The van der Waals surface area contributed by atoms with Crippen LogP contribution in [0, 0.1) is 5.92 Å². The number of nitrogens with two attached hydrogens (primary N) is 1. The summed E-state index contributed by atoms with van der Waals surface area (Å²) in [5, 5.41) is 9.22. The molecule has 0 aromatic rings. The Balaban J connectivity index is 4.07. The van der Waals surface area contributed by atoms with Gasteiger partial charge in [-0.25, -0.2) is 0 Å². The van der Waals surface area contributed by atoms with Gasteiger partial charge in [0.2, 0.25) is 0 Å². The highest BCUT2D eigenvalue weighted by Gasteiger charge is 2.08. The van der Waals surface area contributed by atoms with Crippen molar-refractivity contribution in [1.29, 1.82) is 0 Å². The Morgan fingerprint density at radius 1 is 1.36 bits per heavy atom. The molecule has 0 aliphatic rings. The lowest BCUT2D eigenvalue weighted by Gasteiger charge is -2.10. The molecule has 0 radical (unpaired) electrons.